The second-order valence-corrected chi connectivity index (χ2v) is 4.49. The van der Waals surface area contributed by atoms with Gasteiger partial charge < -0.3 is 14.6 Å². The van der Waals surface area contributed by atoms with E-state index >= 15 is 0 Å². The van der Waals surface area contributed by atoms with E-state index in [2.05, 4.69) is 5.32 Å². The normalized spacial score (nSPS) is 9.96. The Balaban J connectivity index is 2.07. The van der Waals surface area contributed by atoms with Crippen LogP contribution < -0.4 is 10.1 Å². The van der Waals surface area contributed by atoms with E-state index < -0.39 is 22.5 Å². The maximum atomic E-state index is 11.7. The summed E-state index contributed by atoms with van der Waals surface area (Å²) in [6, 6.07) is 11.1. The Morgan fingerprint density at radius 1 is 1.30 bits per heavy atom. The minimum absolute atomic E-state index is 0.0505. The molecule has 0 fully saturated rings. The van der Waals surface area contributed by atoms with Crippen LogP contribution in [0.4, 0.5) is 16.2 Å². The summed E-state index contributed by atoms with van der Waals surface area (Å²) < 4.78 is 9.87. The van der Waals surface area contributed by atoms with Gasteiger partial charge in [0, 0.05) is 6.07 Å². The van der Waals surface area contributed by atoms with Crippen molar-refractivity contribution in [2.45, 2.75) is 6.61 Å². The van der Waals surface area contributed by atoms with E-state index in [0.717, 1.165) is 17.7 Å². The molecule has 0 heterocycles. The van der Waals surface area contributed by atoms with E-state index in [0.29, 0.717) is 0 Å². The maximum absolute atomic E-state index is 11.7. The van der Waals surface area contributed by atoms with Gasteiger partial charge in [-0.2, -0.15) is 0 Å². The molecule has 0 aromatic heterocycles. The van der Waals surface area contributed by atoms with Crippen LogP contribution in [0.25, 0.3) is 0 Å². The Labute approximate surface area is 131 Å². The molecule has 2 rings (SSSR count). The van der Waals surface area contributed by atoms with Crippen LogP contribution in [0.1, 0.15) is 5.56 Å². The molecule has 0 radical (unpaired) electrons. The van der Waals surface area contributed by atoms with Crippen LogP contribution in [0.3, 0.4) is 0 Å². The maximum Gasteiger partial charge on any atom is 0.412 e. The van der Waals surface area contributed by atoms with E-state index in [1.54, 1.807) is 12.1 Å². The van der Waals surface area contributed by atoms with Crippen molar-refractivity contribution in [3.05, 3.63) is 58.1 Å². The molecule has 2 N–H and O–H groups in total. The molecule has 8 heteroatoms. The molecule has 2 aromatic rings. The van der Waals surface area contributed by atoms with Gasteiger partial charge in [0.1, 0.15) is 12.4 Å². The van der Waals surface area contributed by atoms with Crippen molar-refractivity contribution in [2.75, 3.05) is 12.4 Å². The molecule has 0 aliphatic heterocycles. The van der Waals surface area contributed by atoms with Crippen LogP contribution in [-0.2, 0) is 11.3 Å². The fraction of sp³-hybridized carbons (Fsp3) is 0.133. The van der Waals surface area contributed by atoms with E-state index in [1.807, 2.05) is 18.2 Å². The number of methoxy groups -OCH3 is 1. The van der Waals surface area contributed by atoms with Crippen LogP contribution in [0.5, 0.6) is 11.5 Å². The van der Waals surface area contributed by atoms with Crippen molar-refractivity contribution in [1.29, 1.82) is 0 Å². The summed E-state index contributed by atoms with van der Waals surface area (Å²) in [5.41, 5.74) is 0.340. The molecular formula is C15H14N2O6. The zero-order chi connectivity index (χ0) is 16.8. The summed E-state index contributed by atoms with van der Waals surface area (Å²) in [7, 11) is 1.25. The molecule has 0 bridgehead atoms. The summed E-state index contributed by atoms with van der Waals surface area (Å²) in [4.78, 5) is 21.9. The van der Waals surface area contributed by atoms with Gasteiger partial charge in [-0.05, 0) is 5.56 Å². The van der Waals surface area contributed by atoms with Gasteiger partial charge in [-0.1, -0.05) is 30.3 Å². The fourth-order valence-electron chi connectivity index (χ4n) is 1.83. The number of rotatable bonds is 5. The standard InChI is InChI=1S/C15H14N2O6/c1-22-14-7-11(13(18)8-12(14)17(20)21)16-15(19)23-9-10-5-3-2-4-6-10/h2-8,18H,9H2,1H3,(H,16,19). The Kier molecular flexibility index (Phi) is 4.98. The third kappa shape index (κ3) is 4.10. The van der Waals surface area contributed by atoms with Gasteiger partial charge in [0.05, 0.1) is 23.8 Å². The predicted molar refractivity (Wildman–Crippen MR) is 81.6 cm³/mol. The second-order valence-electron chi connectivity index (χ2n) is 4.49. The van der Waals surface area contributed by atoms with Gasteiger partial charge in [0.2, 0.25) is 0 Å². The average Bonchev–Trinajstić information content (AvgIpc) is 2.55. The molecule has 0 unspecified atom stereocenters. The first-order valence-corrected chi connectivity index (χ1v) is 6.54. The first-order valence-electron chi connectivity index (χ1n) is 6.54. The molecule has 0 spiro atoms. The van der Waals surface area contributed by atoms with Crippen molar-refractivity contribution >= 4 is 17.5 Å². The van der Waals surface area contributed by atoms with Crippen molar-refractivity contribution in [1.82, 2.24) is 0 Å². The number of benzene rings is 2. The number of hydrogen-bond donors (Lipinski definition) is 2. The zero-order valence-electron chi connectivity index (χ0n) is 12.2. The highest BCUT2D eigenvalue weighted by atomic mass is 16.6. The molecule has 0 aliphatic rings. The number of phenolic OH excluding ortho intramolecular Hbond substituents is 1. The Hall–Kier alpha value is -3.29. The first-order chi connectivity index (χ1) is 11.0. The number of nitro benzene ring substituents is 1. The quantitative estimate of drug-likeness (QED) is 0.498. The lowest BCUT2D eigenvalue weighted by molar-refractivity contribution is -0.385. The molecule has 8 nitrogen and oxygen atoms in total. The van der Waals surface area contributed by atoms with Gasteiger partial charge in [0.25, 0.3) is 0 Å². The number of nitrogens with zero attached hydrogens (tertiary/aromatic N) is 1. The van der Waals surface area contributed by atoms with Crippen molar-refractivity contribution in [3.63, 3.8) is 0 Å². The minimum Gasteiger partial charge on any atom is -0.505 e. The number of nitrogens with one attached hydrogen (secondary N) is 1. The van der Waals surface area contributed by atoms with Crippen molar-refractivity contribution < 1.29 is 24.3 Å². The van der Waals surface area contributed by atoms with E-state index in [1.165, 1.54) is 7.11 Å². The zero-order valence-corrected chi connectivity index (χ0v) is 12.2. The molecule has 23 heavy (non-hydrogen) atoms. The lowest BCUT2D eigenvalue weighted by atomic mass is 10.2. The Morgan fingerprint density at radius 2 is 2.00 bits per heavy atom. The Bertz CT molecular complexity index is 717. The molecule has 0 saturated heterocycles. The van der Waals surface area contributed by atoms with Gasteiger partial charge in [-0.15, -0.1) is 0 Å². The van der Waals surface area contributed by atoms with E-state index in [9.17, 15) is 20.0 Å². The highest BCUT2D eigenvalue weighted by Crippen LogP contribution is 2.36. The number of carbonyl (C=O) groups excluding carboxylic acids is 1. The van der Waals surface area contributed by atoms with Gasteiger partial charge in [-0.3, -0.25) is 15.4 Å². The van der Waals surface area contributed by atoms with Crippen molar-refractivity contribution in [3.8, 4) is 11.5 Å². The summed E-state index contributed by atoms with van der Waals surface area (Å²) in [5.74, 6) is -0.555. The third-order valence-electron chi connectivity index (χ3n) is 2.94. The first kappa shape index (κ1) is 16.1. The molecule has 120 valence electrons. The minimum atomic E-state index is -0.806. The van der Waals surface area contributed by atoms with Crippen LogP contribution in [-0.4, -0.2) is 23.2 Å². The summed E-state index contributed by atoms with van der Waals surface area (Å²) in [6.07, 6.45) is -0.806. The molecule has 2 aromatic carbocycles. The van der Waals surface area contributed by atoms with Crippen LogP contribution in [0.15, 0.2) is 42.5 Å². The SMILES string of the molecule is COc1cc(NC(=O)OCc2ccccc2)c(O)cc1[N+](=O)[O-]. The molecule has 0 aliphatic carbocycles. The Morgan fingerprint density at radius 3 is 2.61 bits per heavy atom. The smallest absolute Gasteiger partial charge is 0.412 e. The topological polar surface area (TPSA) is 111 Å². The number of ether oxygens (including phenoxy) is 2. The average molecular weight is 318 g/mol. The number of phenols is 1. The predicted octanol–water partition coefficient (Wildman–Crippen LogP) is 3.06. The van der Waals surface area contributed by atoms with Crippen LogP contribution >= 0.6 is 0 Å². The monoisotopic (exact) mass is 318 g/mol. The molecular weight excluding hydrogens is 304 g/mol. The summed E-state index contributed by atoms with van der Waals surface area (Å²) in [5, 5.41) is 22.9. The van der Waals surface area contributed by atoms with E-state index in [-0.39, 0.29) is 18.0 Å². The highest BCUT2D eigenvalue weighted by Gasteiger charge is 2.20. The van der Waals surface area contributed by atoms with Crippen LogP contribution in [0.2, 0.25) is 0 Å². The number of anilines is 1. The second kappa shape index (κ2) is 7.12. The summed E-state index contributed by atoms with van der Waals surface area (Å²) >= 11 is 0. The lowest BCUT2D eigenvalue weighted by Gasteiger charge is -2.10. The molecule has 0 atom stereocenters. The number of hydrogen-bond acceptors (Lipinski definition) is 6. The largest absolute Gasteiger partial charge is 0.505 e. The number of carbonyl (C=O) groups is 1. The summed E-state index contributed by atoms with van der Waals surface area (Å²) in [6.45, 7) is 0.0531. The van der Waals surface area contributed by atoms with Gasteiger partial charge >= 0.3 is 11.8 Å². The van der Waals surface area contributed by atoms with E-state index in [4.69, 9.17) is 9.47 Å². The number of amides is 1. The molecule has 0 saturated carbocycles. The van der Waals surface area contributed by atoms with Gasteiger partial charge in [-0.25, -0.2) is 4.79 Å². The number of aromatic hydroxyl groups is 1. The lowest BCUT2D eigenvalue weighted by Crippen LogP contribution is -2.13. The van der Waals surface area contributed by atoms with Gasteiger partial charge in [0.15, 0.2) is 5.75 Å². The number of nitro groups is 1. The van der Waals surface area contributed by atoms with Crippen LogP contribution in [0, 0.1) is 10.1 Å². The van der Waals surface area contributed by atoms with Crippen molar-refractivity contribution in [2.24, 2.45) is 0 Å². The highest BCUT2D eigenvalue weighted by molar-refractivity contribution is 5.87. The fourth-order valence-corrected chi connectivity index (χ4v) is 1.83. The third-order valence-corrected chi connectivity index (χ3v) is 2.94. The molecule has 1 amide bonds.